The second kappa shape index (κ2) is 6.85. The summed E-state index contributed by atoms with van der Waals surface area (Å²) in [5.74, 6) is 0.518. The summed E-state index contributed by atoms with van der Waals surface area (Å²) in [4.78, 5) is 11.3. The van der Waals surface area contributed by atoms with E-state index in [9.17, 15) is 4.79 Å². The van der Waals surface area contributed by atoms with Gasteiger partial charge >= 0.3 is 6.01 Å². The van der Waals surface area contributed by atoms with Crippen molar-refractivity contribution in [3.05, 3.63) is 5.89 Å². The third-order valence-electron chi connectivity index (χ3n) is 1.87. The molecule has 0 aliphatic rings. The third-order valence-corrected chi connectivity index (χ3v) is 1.87. The number of carbonyl (C=O) groups is 1. The van der Waals surface area contributed by atoms with Crippen molar-refractivity contribution in [3.8, 4) is 0 Å². The van der Waals surface area contributed by atoms with Gasteiger partial charge in [0.2, 0.25) is 11.8 Å². The molecule has 0 radical (unpaired) electrons. The molecule has 17 heavy (non-hydrogen) atoms. The Morgan fingerprint density at radius 3 is 2.82 bits per heavy atom. The maximum atomic E-state index is 11.3. The van der Waals surface area contributed by atoms with Crippen molar-refractivity contribution in [2.24, 2.45) is 0 Å². The number of nitrogens with one attached hydrogen (secondary N) is 3. The lowest BCUT2D eigenvalue weighted by molar-refractivity contribution is -0.121. The van der Waals surface area contributed by atoms with Gasteiger partial charge in [-0.2, -0.15) is 0 Å². The predicted octanol–water partition coefficient (Wildman–Crippen LogP) is 0.116. The molecule has 1 heterocycles. The fourth-order valence-corrected chi connectivity index (χ4v) is 1.22. The van der Waals surface area contributed by atoms with Gasteiger partial charge in [-0.15, -0.1) is 5.10 Å². The Balaban J connectivity index is 2.23. The van der Waals surface area contributed by atoms with Crippen molar-refractivity contribution in [3.63, 3.8) is 0 Å². The molecule has 1 aromatic rings. The zero-order valence-corrected chi connectivity index (χ0v) is 10.4. The number of carbonyl (C=O) groups excluding carboxylic acids is 1. The summed E-state index contributed by atoms with van der Waals surface area (Å²) in [7, 11) is 1.80. The van der Waals surface area contributed by atoms with E-state index in [1.54, 1.807) is 7.05 Å². The van der Waals surface area contributed by atoms with Gasteiger partial charge in [-0.1, -0.05) is 5.10 Å². The van der Waals surface area contributed by atoms with Crippen molar-refractivity contribution in [1.29, 1.82) is 0 Å². The highest BCUT2D eigenvalue weighted by Crippen LogP contribution is 2.04. The molecule has 0 atom stereocenters. The third kappa shape index (κ3) is 5.30. The molecule has 1 amide bonds. The largest absolute Gasteiger partial charge is 0.407 e. The minimum atomic E-state index is 0.00228. The van der Waals surface area contributed by atoms with E-state index in [2.05, 4.69) is 26.1 Å². The van der Waals surface area contributed by atoms with Crippen molar-refractivity contribution in [1.82, 2.24) is 20.8 Å². The van der Waals surface area contributed by atoms with Gasteiger partial charge in [0.15, 0.2) is 0 Å². The van der Waals surface area contributed by atoms with Crippen LogP contribution in [0.5, 0.6) is 0 Å². The predicted molar refractivity (Wildman–Crippen MR) is 63.4 cm³/mol. The molecule has 3 N–H and O–H groups in total. The van der Waals surface area contributed by atoms with Crippen LogP contribution in [0.4, 0.5) is 6.01 Å². The maximum Gasteiger partial charge on any atom is 0.315 e. The van der Waals surface area contributed by atoms with E-state index >= 15 is 0 Å². The number of anilines is 1. The van der Waals surface area contributed by atoms with E-state index in [0.717, 1.165) is 0 Å². The highest BCUT2D eigenvalue weighted by Gasteiger charge is 2.06. The molecule has 0 aromatic carbocycles. The summed E-state index contributed by atoms with van der Waals surface area (Å²) >= 11 is 0. The van der Waals surface area contributed by atoms with Gasteiger partial charge in [0.05, 0.1) is 6.54 Å². The van der Waals surface area contributed by atoms with Crippen molar-refractivity contribution >= 4 is 11.9 Å². The number of nitrogens with zero attached hydrogens (tertiary/aromatic N) is 2. The molecule has 96 valence electrons. The average Bonchev–Trinajstić information content (AvgIpc) is 2.65. The molecule has 0 saturated carbocycles. The standard InChI is InChI=1S/C10H19N5O2/c1-7(2)13-8(16)4-5-12-10-15-14-9(17-10)6-11-3/h7,11H,4-6H2,1-3H3,(H,12,15)(H,13,16). The fourth-order valence-electron chi connectivity index (χ4n) is 1.22. The molecule has 0 bridgehead atoms. The summed E-state index contributed by atoms with van der Waals surface area (Å²) in [6, 6.07) is 0.501. The molecular weight excluding hydrogens is 222 g/mol. The van der Waals surface area contributed by atoms with E-state index < -0.39 is 0 Å². The maximum absolute atomic E-state index is 11.3. The van der Waals surface area contributed by atoms with Gasteiger partial charge in [-0.3, -0.25) is 4.79 Å². The monoisotopic (exact) mass is 241 g/mol. The quantitative estimate of drug-likeness (QED) is 0.628. The molecule has 1 rings (SSSR count). The first-order chi connectivity index (χ1) is 8.11. The summed E-state index contributed by atoms with van der Waals surface area (Å²) in [6.45, 7) is 4.85. The van der Waals surface area contributed by atoms with Crippen LogP contribution >= 0.6 is 0 Å². The molecule has 0 spiro atoms. The minimum Gasteiger partial charge on any atom is -0.407 e. The lowest BCUT2D eigenvalue weighted by Crippen LogP contribution is -2.31. The van der Waals surface area contributed by atoms with E-state index in [1.807, 2.05) is 13.8 Å². The first-order valence-corrected chi connectivity index (χ1v) is 5.62. The minimum absolute atomic E-state index is 0.00228. The number of aromatic nitrogens is 2. The Morgan fingerprint density at radius 1 is 1.41 bits per heavy atom. The Bertz CT molecular complexity index is 350. The van der Waals surface area contributed by atoms with Gasteiger partial charge in [0.25, 0.3) is 0 Å². The Kier molecular flexibility index (Phi) is 5.41. The molecule has 7 heteroatoms. The summed E-state index contributed by atoms with van der Waals surface area (Å²) in [5, 5.41) is 16.2. The fraction of sp³-hybridized carbons (Fsp3) is 0.700. The van der Waals surface area contributed by atoms with Crippen LogP contribution in [0.2, 0.25) is 0 Å². The van der Waals surface area contributed by atoms with Crippen molar-refractivity contribution in [2.75, 3.05) is 18.9 Å². The Labute approximate surface area is 100 Å². The summed E-state index contributed by atoms with van der Waals surface area (Å²) in [6.07, 6.45) is 0.377. The van der Waals surface area contributed by atoms with Crippen LogP contribution in [0, 0.1) is 0 Å². The van der Waals surface area contributed by atoms with Crippen LogP contribution in [0.25, 0.3) is 0 Å². The van der Waals surface area contributed by atoms with Crippen LogP contribution in [0.1, 0.15) is 26.2 Å². The van der Waals surface area contributed by atoms with Crippen molar-refractivity contribution < 1.29 is 9.21 Å². The zero-order valence-electron chi connectivity index (χ0n) is 10.4. The second-order valence-corrected chi connectivity index (χ2v) is 3.93. The SMILES string of the molecule is CNCc1nnc(NCCC(=O)NC(C)C)o1. The number of amides is 1. The first-order valence-electron chi connectivity index (χ1n) is 5.62. The number of hydrogen-bond donors (Lipinski definition) is 3. The van der Waals surface area contributed by atoms with Gasteiger partial charge in [0.1, 0.15) is 0 Å². The number of rotatable bonds is 7. The van der Waals surface area contributed by atoms with Crippen LogP contribution in [-0.2, 0) is 11.3 Å². The highest BCUT2D eigenvalue weighted by molar-refractivity contribution is 5.76. The van der Waals surface area contributed by atoms with Gasteiger partial charge in [-0.25, -0.2) is 0 Å². The molecule has 7 nitrogen and oxygen atoms in total. The van der Waals surface area contributed by atoms with Crippen molar-refractivity contribution in [2.45, 2.75) is 32.9 Å². The number of hydrogen-bond acceptors (Lipinski definition) is 6. The first kappa shape index (κ1) is 13.4. The van der Waals surface area contributed by atoms with E-state index in [4.69, 9.17) is 4.42 Å². The van der Waals surface area contributed by atoms with Gasteiger partial charge < -0.3 is 20.4 Å². The topological polar surface area (TPSA) is 92.1 Å². The van der Waals surface area contributed by atoms with Crippen LogP contribution in [-0.4, -0.2) is 35.7 Å². The molecule has 1 aromatic heterocycles. The van der Waals surface area contributed by atoms with Crippen LogP contribution < -0.4 is 16.0 Å². The molecule has 0 unspecified atom stereocenters. The summed E-state index contributed by atoms with van der Waals surface area (Å²) < 4.78 is 5.26. The average molecular weight is 241 g/mol. The van der Waals surface area contributed by atoms with E-state index in [0.29, 0.717) is 31.4 Å². The molecule has 0 saturated heterocycles. The Morgan fingerprint density at radius 2 is 2.18 bits per heavy atom. The van der Waals surface area contributed by atoms with Crippen LogP contribution in [0.15, 0.2) is 4.42 Å². The molecule has 0 aliphatic heterocycles. The van der Waals surface area contributed by atoms with Crippen LogP contribution in [0.3, 0.4) is 0 Å². The zero-order chi connectivity index (χ0) is 12.7. The van der Waals surface area contributed by atoms with Gasteiger partial charge in [0, 0.05) is 19.0 Å². The Hall–Kier alpha value is -1.63. The smallest absolute Gasteiger partial charge is 0.315 e. The molecular formula is C10H19N5O2. The normalized spacial score (nSPS) is 10.6. The highest BCUT2D eigenvalue weighted by atomic mass is 16.4. The summed E-state index contributed by atoms with van der Waals surface area (Å²) in [5.41, 5.74) is 0. The van der Waals surface area contributed by atoms with E-state index in [-0.39, 0.29) is 11.9 Å². The molecule has 0 aliphatic carbocycles. The molecule has 0 fully saturated rings. The lowest BCUT2D eigenvalue weighted by atomic mass is 10.3. The second-order valence-electron chi connectivity index (χ2n) is 3.93. The van der Waals surface area contributed by atoms with E-state index in [1.165, 1.54) is 0 Å². The lowest BCUT2D eigenvalue weighted by Gasteiger charge is -2.07. The van der Waals surface area contributed by atoms with Gasteiger partial charge in [-0.05, 0) is 20.9 Å².